The molecule has 8 nitrogen and oxygen atoms in total. The van der Waals surface area contributed by atoms with Crippen LogP contribution >= 0.6 is 23.2 Å². The van der Waals surface area contributed by atoms with Crippen LogP contribution in [-0.4, -0.2) is 68.2 Å². The molecule has 1 aliphatic heterocycles. The molecule has 1 fully saturated rings. The monoisotopic (exact) mass is 574 g/mol. The number of hydrogen-bond acceptors (Lipinski definition) is 6. The maximum Gasteiger partial charge on any atom is 0.253 e. The first-order chi connectivity index (χ1) is 18.7. The molecule has 0 radical (unpaired) electrons. The number of aliphatic hydroxyl groups excluding tert-OH is 4. The minimum absolute atomic E-state index is 0.244. The van der Waals surface area contributed by atoms with Gasteiger partial charge in [0.1, 0.15) is 30.2 Å². The molecule has 0 saturated carbocycles. The van der Waals surface area contributed by atoms with Crippen LogP contribution in [0.25, 0.3) is 22.0 Å². The van der Waals surface area contributed by atoms with E-state index < -0.39 is 43.2 Å². The Bertz CT molecular complexity index is 1510. The van der Waals surface area contributed by atoms with Crippen LogP contribution in [0, 0.1) is 5.82 Å². The van der Waals surface area contributed by atoms with Crippen molar-refractivity contribution in [1.29, 1.82) is 0 Å². The number of ether oxygens (including phenoxy) is 1. The second-order valence-electron chi connectivity index (χ2n) is 9.39. The highest BCUT2D eigenvalue weighted by Crippen LogP contribution is 2.30. The molecule has 11 heteroatoms. The summed E-state index contributed by atoms with van der Waals surface area (Å²) >= 11 is 12.3. The summed E-state index contributed by atoms with van der Waals surface area (Å²) in [5.74, 6) is -0.975. The fourth-order valence-corrected chi connectivity index (χ4v) is 5.06. The van der Waals surface area contributed by atoms with Gasteiger partial charge < -0.3 is 35.0 Å². The van der Waals surface area contributed by atoms with E-state index in [0.717, 1.165) is 16.7 Å². The molecule has 0 spiro atoms. The number of nitrogens with zero attached hydrogens (tertiary/aromatic N) is 1. The first-order valence-corrected chi connectivity index (χ1v) is 12.9. The van der Waals surface area contributed by atoms with E-state index in [2.05, 4.69) is 5.32 Å². The Labute approximate surface area is 232 Å². The first kappa shape index (κ1) is 27.5. The van der Waals surface area contributed by atoms with Crippen molar-refractivity contribution >= 4 is 40.0 Å². The van der Waals surface area contributed by atoms with Gasteiger partial charge in [0.2, 0.25) is 0 Å². The highest BCUT2D eigenvalue weighted by atomic mass is 35.5. The number of carbonyl (C=O) groups is 1. The van der Waals surface area contributed by atoms with E-state index in [9.17, 15) is 29.6 Å². The number of hydrogen-bond donors (Lipinski definition) is 5. The van der Waals surface area contributed by atoms with Gasteiger partial charge in [-0.15, -0.1) is 0 Å². The van der Waals surface area contributed by atoms with Gasteiger partial charge >= 0.3 is 0 Å². The topological polar surface area (TPSA) is 124 Å². The Morgan fingerprint density at radius 1 is 0.949 bits per heavy atom. The molecule has 0 bridgehead atoms. The lowest BCUT2D eigenvalue weighted by atomic mass is 9.96. The molecule has 204 valence electrons. The van der Waals surface area contributed by atoms with E-state index in [0.29, 0.717) is 27.5 Å². The van der Waals surface area contributed by atoms with Gasteiger partial charge in [0, 0.05) is 23.6 Å². The van der Waals surface area contributed by atoms with Crippen molar-refractivity contribution in [2.24, 2.45) is 0 Å². The highest BCUT2D eigenvalue weighted by molar-refractivity contribution is 6.42. The molecular weight excluding hydrogens is 550 g/mol. The maximum atomic E-state index is 13.5. The van der Waals surface area contributed by atoms with Gasteiger partial charge in [-0.2, -0.15) is 0 Å². The summed E-state index contributed by atoms with van der Waals surface area (Å²) in [6.45, 7) is -0.281. The lowest BCUT2D eigenvalue weighted by Crippen LogP contribution is -2.64. The first-order valence-electron chi connectivity index (χ1n) is 12.1. The van der Waals surface area contributed by atoms with Crippen LogP contribution in [0.3, 0.4) is 0 Å². The molecule has 39 heavy (non-hydrogen) atoms. The minimum Gasteiger partial charge on any atom is -0.394 e. The second-order valence-corrected chi connectivity index (χ2v) is 10.2. The number of amides is 1. The summed E-state index contributed by atoms with van der Waals surface area (Å²) in [4.78, 5) is 13.4. The van der Waals surface area contributed by atoms with Crippen LogP contribution in [0.5, 0.6) is 0 Å². The number of aromatic nitrogens is 1. The SMILES string of the molecule is O=C(N[C@H]1C(O)O[C@H](CO)[C@@H](O)[C@@H]1O)c1cn(Cc2ccc(Cl)c(Cl)c2)c2cc(-c3ccc(F)cc3)ccc12. The molecule has 5 atom stereocenters. The summed E-state index contributed by atoms with van der Waals surface area (Å²) in [5, 5.41) is 44.2. The van der Waals surface area contributed by atoms with Crippen molar-refractivity contribution in [3.05, 3.63) is 93.8 Å². The smallest absolute Gasteiger partial charge is 0.253 e. The zero-order valence-corrected chi connectivity index (χ0v) is 21.9. The molecule has 2 heterocycles. The molecular formula is C28H25Cl2FN2O6. The summed E-state index contributed by atoms with van der Waals surface area (Å²) in [6.07, 6.45) is -4.31. The van der Waals surface area contributed by atoms with Gasteiger partial charge in [0.15, 0.2) is 6.29 Å². The summed E-state index contributed by atoms with van der Waals surface area (Å²) < 4.78 is 20.5. The largest absolute Gasteiger partial charge is 0.394 e. The normalized spacial score (nSPS) is 23.2. The van der Waals surface area contributed by atoms with Crippen LogP contribution < -0.4 is 5.32 Å². The molecule has 1 unspecified atom stereocenters. The molecule has 5 N–H and O–H groups in total. The Morgan fingerprint density at radius 3 is 2.36 bits per heavy atom. The quantitative estimate of drug-likeness (QED) is 0.240. The molecule has 1 amide bonds. The molecule has 1 saturated heterocycles. The van der Waals surface area contributed by atoms with E-state index in [4.69, 9.17) is 27.9 Å². The molecule has 4 aromatic rings. The third-order valence-electron chi connectivity index (χ3n) is 6.84. The predicted octanol–water partition coefficient (Wildman–Crippen LogP) is 3.33. The summed E-state index contributed by atoms with van der Waals surface area (Å²) in [6, 6.07) is 15.4. The van der Waals surface area contributed by atoms with Gasteiger partial charge in [-0.25, -0.2) is 4.39 Å². The molecule has 1 aliphatic rings. The summed E-state index contributed by atoms with van der Waals surface area (Å²) in [5.41, 5.74) is 3.34. The number of fused-ring (bicyclic) bond motifs is 1. The second kappa shape index (κ2) is 11.2. The van der Waals surface area contributed by atoms with Gasteiger partial charge in [-0.05, 0) is 47.0 Å². The van der Waals surface area contributed by atoms with Gasteiger partial charge in [0.05, 0.1) is 22.2 Å². The van der Waals surface area contributed by atoms with Gasteiger partial charge in [0.25, 0.3) is 5.91 Å². The van der Waals surface area contributed by atoms with Crippen molar-refractivity contribution in [3.63, 3.8) is 0 Å². The van der Waals surface area contributed by atoms with Crippen LogP contribution in [0.1, 0.15) is 15.9 Å². The Kier molecular flexibility index (Phi) is 7.93. The number of rotatable bonds is 6. The average molecular weight is 575 g/mol. The van der Waals surface area contributed by atoms with Crippen LogP contribution in [0.4, 0.5) is 4.39 Å². The Balaban J connectivity index is 1.53. The number of nitrogens with one attached hydrogen (secondary N) is 1. The standard InChI is InChI=1S/C28H25Cl2FN2O6/c29-20-8-1-14(9-21(20)30)11-33-12-19(27(37)32-24-26(36)25(35)23(13-34)39-28(24)38)18-7-4-16(10-22(18)33)15-2-5-17(31)6-3-15/h1-10,12,23-26,28,34-36,38H,11,13H2,(H,32,37)/t23-,24-,25-,26-,28?/m1/s1. The third kappa shape index (κ3) is 5.53. The minimum atomic E-state index is -1.65. The molecule has 5 rings (SSSR count). The fraction of sp³-hybridized carbons (Fsp3) is 0.250. The predicted molar refractivity (Wildman–Crippen MR) is 144 cm³/mol. The third-order valence-corrected chi connectivity index (χ3v) is 7.58. The van der Waals surface area contributed by atoms with Crippen LogP contribution in [-0.2, 0) is 11.3 Å². The Hall–Kier alpha value is -3.02. The zero-order chi connectivity index (χ0) is 27.8. The van der Waals surface area contributed by atoms with Crippen molar-refractivity contribution in [2.45, 2.75) is 37.2 Å². The maximum absolute atomic E-state index is 13.5. The van der Waals surface area contributed by atoms with Crippen molar-refractivity contribution in [1.82, 2.24) is 9.88 Å². The number of halogens is 3. The summed E-state index contributed by atoms with van der Waals surface area (Å²) in [7, 11) is 0. The lowest BCUT2D eigenvalue weighted by Gasteiger charge is -2.40. The van der Waals surface area contributed by atoms with E-state index >= 15 is 0 Å². The van der Waals surface area contributed by atoms with Crippen LogP contribution in [0.2, 0.25) is 10.0 Å². The fourth-order valence-electron chi connectivity index (χ4n) is 4.74. The lowest BCUT2D eigenvalue weighted by molar-refractivity contribution is -0.252. The van der Waals surface area contributed by atoms with E-state index in [1.165, 1.54) is 12.1 Å². The van der Waals surface area contributed by atoms with Crippen LogP contribution in [0.15, 0.2) is 66.9 Å². The number of carbonyl (C=O) groups excluding carboxylic acids is 1. The van der Waals surface area contributed by atoms with E-state index in [1.807, 2.05) is 16.7 Å². The van der Waals surface area contributed by atoms with E-state index in [-0.39, 0.29) is 11.4 Å². The molecule has 1 aromatic heterocycles. The number of benzene rings is 3. The zero-order valence-electron chi connectivity index (χ0n) is 20.3. The van der Waals surface area contributed by atoms with Crippen molar-refractivity contribution in [3.8, 4) is 11.1 Å². The Morgan fingerprint density at radius 2 is 1.67 bits per heavy atom. The highest BCUT2D eigenvalue weighted by Gasteiger charge is 2.44. The van der Waals surface area contributed by atoms with E-state index in [1.54, 1.807) is 42.6 Å². The van der Waals surface area contributed by atoms with Crippen molar-refractivity contribution < 1.29 is 34.3 Å². The molecule has 3 aromatic carbocycles. The van der Waals surface area contributed by atoms with Gasteiger partial charge in [-0.3, -0.25) is 4.79 Å². The molecule has 0 aliphatic carbocycles. The van der Waals surface area contributed by atoms with Crippen molar-refractivity contribution in [2.75, 3.05) is 6.61 Å². The van der Waals surface area contributed by atoms with Gasteiger partial charge in [-0.1, -0.05) is 53.5 Å². The average Bonchev–Trinajstić information content (AvgIpc) is 3.28. The number of aliphatic hydroxyl groups is 4.